The third-order valence-corrected chi connectivity index (χ3v) is 6.30. The average molecular weight is 409 g/mol. The Morgan fingerprint density at radius 2 is 2.11 bits per heavy atom. The first-order valence-corrected chi connectivity index (χ1v) is 11.5. The van der Waals surface area contributed by atoms with Gasteiger partial charge < -0.3 is 20.3 Å². The fourth-order valence-corrected chi connectivity index (χ4v) is 4.52. The summed E-state index contributed by atoms with van der Waals surface area (Å²) in [5.41, 5.74) is 0. The summed E-state index contributed by atoms with van der Waals surface area (Å²) in [5.74, 6) is 2.20. The molecule has 1 aromatic rings. The minimum absolute atomic E-state index is 0.155. The molecule has 2 aliphatic rings. The van der Waals surface area contributed by atoms with Crippen LogP contribution in [0.25, 0.3) is 0 Å². The Hall–Kier alpha value is -1.31. The molecule has 0 radical (unpaired) electrons. The molecule has 156 valence electrons. The van der Waals surface area contributed by atoms with Gasteiger partial charge in [0.25, 0.3) is 0 Å². The molecule has 3 rings (SSSR count). The Bertz CT molecular complexity index is 616. The van der Waals surface area contributed by atoms with Gasteiger partial charge in [-0.2, -0.15) is 0 Å². The van der Waals surface area contributed by atoms with Gasteiger partial charge in [-0.25, -0.2) is 4.39 Å². The van der Waals surface area contributed by atoms with Gasteiger partial charge in [-0.15, -0.1) is 11.8 Å². The van der Waals surface area contributed by atoms with Gasteiger partial charge in [-0.1, -0.05) is 12.1 Å². The number of piperidine rings is 1. The zero-order chi connectivity index (χ0) is 19.6. The minimum Gasteiger partial charge on any atom is -0.381 e. The van der Waals surface area contributed by atoms with Crippen LogP contribution in [0.1, 0.15) is 26.2 Å². The fourth-order valence-electron chi connectivity index (χ4n) is 3.74. The average Bonchev–Trinajstić information content (AvgIpc) is 3.21. The van der Waals surface area contributed by atoms with E-state index in [-0.39, 0.29) is 5.82 Å². The van der Waals surface area contributed by atoms with Crippen LogP contribution in [0.5, 0.6) is 0 Å². The van der Waals surface area contributed by atoms with Crippen molar-refractivity contribution in [1.82, 2.24) is 15.5 Å². The van der Waals surface area contributed by atoms with Gasteiger partial charge >= 0.3 is 0 Å². The molecule has 0 aromatic heterocycles. The SMILES string of the molecule is CCNC(=NCCSc1ccccc1F)NC1CCN(CC2CCOC2)CC1. The van der Waals surface area contributed by atoms with Crippen molar-refractivity contribution >= 4 is 17.7 Å². The monoisotopic (exact) mass is 408 g/mol. The van der Waals surface area contributed by atoms with Crippen LogP contribution in [0, 0.1) is 11.7 Å². The molecule has 5 nitrogen and oxygen atoms in total. The van der Waals surface area contributed by atoms with Crippen molar-refractivity contribution in [1.29, 1.82) is 0 Å². The standard InChI is InChI=1S/C21H33FN4OS/c1-2-23-21(24-10-14-28-20-6-4-3-5-19(20)22)25-18-7-11-26(12-8-18)15-17-9-13-27-16-17/h3-6,17-18H,2,7-16H2,1H3,(H2,23,24,25). The van der Waals surface area contributed by atoms with E-state index in [9.17, 15) is 4.39 Å². The van der Waals surface area contributed by atoms with Crippen molar-refractivity contribution in [3.8, 4) is 0 Å². The highest BCUT2D eigenvalue weighted by atomic mass is 32.2. The van der Waals surface area contributed by atoms with E-state index in [1.54, 1.807) is 6.07 Å². The Labute approximate surface area is 172 Å². The minimum atomic E-state index is -0.155. The van der Waals surface area contributed by atoms with Gasteiger partial charge in [0.15, 0.2) is 5.96 Å². The van der Waals surface area contributed by atoms with Crippen LogP contribution in [0.4, 0.5) is 4.39 Å². The van der Waals surface area contributed by atoms with Crippen molar-refractivity contribution in [3.05, 3.63) is 30.1 Å². The lowest BCUT2D eigenvalue weighted by Gasteiger charge is -2.34. The molecule has 2 heterocycles. The third-order valence-electron chi connectivity index (χ3n) is 5.27. The zero-order valence-electron chi connectivity index (χ0n) is 16.8. The number of rotatable bonds is 8. The van der Waals surface area contributed by atoms with Crippen LogP contribution in [0.2, 0.25) is 0 Å². The summed E-state index contributed by atoms with van der Waals surface area (Å²) in [6.45, 7) is 8.89. The summed E-state index contributed by atoms with van der Waals surface area (Å²) in [5, 5.41) is 6.92. The highest BCUT2D eigenvalue weighted by Gasteiger charge is 2.24. The van der Waals surface area contributed by atoms with Gasteiger partial charge in [0.05, 0.1) is 13.2 Å². The number of likely N-dealkylation sites (tertiary alicyclic amines) is 1. The van der Waals surface area contributed by atoms with Crippen LogP contribution < -0.4 is 10.6 Å². The predicted molar refractivity (Wildman–Crippen MR) is 115 cm³/mol. The van der Waals surface area contributed by atoms with Crippen molar-refractivity contribution in [2.75, 3.05) is 51.7 Å². The number of ether oxygens (including phenoxy) is 1. The maximum absolute atomic E-state index is 13.7. The van der Waals surface area contributed by atoms with Crippen LogP contribution in [-0.4, -0.2) is 68.6 Å². The van der Waals surface area contributed by atoms with Gasteiger partial charge in [0.1, 0.15) is 5.82 Å². The number of thioether (sulfide) groups is 1. The predicted octanol–water partition coefficient (Wildman–Crippen LogP) is 2.97. The first kappa shape index (κ1) is 21.4. The molecular formula is C21H33FN4OS. The van der Waals surface area contributed by atoms with E-state index < -0.39 is 0 Å². The van der Waals surface area contributed by atoms with Crippen LogP contribution >= 0.6 is 11.8 Å². The molecule has 2 fully saturated rings. The second kappa shape index (κ2) is 11.6. The molecule has 1 atom stereocenters. The van der Waals surface area contributed by atoms with Gasteiger partial charge in [-0.05, 0) is 44.2 Å². The van der Waals surface area contributed by atoms with E-state index in [0.29, 0.717) is 17.5 Å². The molecular weight excluding hydrogens is 375 g/mol. The fraction of sp³-hybridized carbons (Fsp3) is 0.667. The maximum atomic E-state index is 13.7. The smallest absolute Gasteiger partial charge is 0.191 e. The van der Waals surface area contributed by atoms with E-state index in [1.165, 1.54) is 30.8 Å². The number of hydrogen-bond donors (Lipinski definition) is 2. The lowest BCUT2D eigenvalue weighted by atomic mass is 10.0. The van der Waals surface area contributed by atoms with E-state index in [4.69, 9.17) is 4.74 Å². The normalized spacial score (nSPS) is 21.8. The summed E-state index contributed by atoms with van der Waals surface area (Å²) < 4.78 is 19.2. The molecule has 2 aliphatic heterocycles. The lowest BCUT2D eigenvalue weighted by molar-refractivity contribution is 0.150. The first-order chi connectivity index (χ1) is 13.7. The van der Waals surface area contributed by atoms with Crippen LogP contribution in [0.15, 0.2) is 34.2 Å². The third kappa shape index (κ3) is 6.94. The Balaban J connectivity index is 1.39. The molecule has 28 heavy (non-hydrogen) atoms. The Kier molecular flexibility index (Phi) is 8.89. The Morgan fingerprint density at radius 1 is 1.29 bits per heavy atom. The van der Waals surface area contributed by atoms with Crippen LogP contribution in [0.3, 0.4) is 0 Å². The number of guanidine groups is 1. The van der Waals surface area contributed by atoms with Gasteiger partial charge in [0.2, 0.25) is 0 Å². The number of nitrogens with one attached hydrogen (secondary N) is 2. The molecule has 1 aromatic carbocycles. The number of halogens is 1. The van der Waals surface area contributed by atoms with E-state index in [1.807, 2.05) is 12.1 Å². The molecule has 0 saturated carbocycles. The van der Waals surface area contributed by atoms with Crippen LogP contribution in [-0.2, 0) is 4.74 Å². The number of nitrogens with zero attached hydrogens (tertiary/aromatic N) is 2. The zero-order valence-corrected chi connectivity index (χ0v) is 17.6. The van der Waals surface area contributed by atoms with E-state index >= 15 is 0 Å². The van der Waals surface area contributed by atoms with Crippen molar-refractivity contribution in [2.45, 2.75) is 37.1 Å². The topological polar surface area (TPSA) is 48.9 Å². The number of hydrogen-bond acceptors (Lipinski definition) is 4. The summed E-state index contributed by atoms with van der Waals surface area (Å²) >= 11 is 1.51. The molecule has 1 unspecified atom stereocenters. The second-order valence-corrected chi connectivity index (χ2v) is 8.63. The Morgan fingerprint density at radius 3 is 2.82 bits per heavy atom. The number of benzene rings is 1. The molecule has 2 saturated heterocycles. The van der Waals surface area contributed by atoms with E-state index in [0.717, 1.165) is 63.3 Å². The summed E-state index contributed by atoms with van der Waals surface area (Å²) in [6, 6.07) is 7.37. The van der Waals surface area contributed by atoms with Crippen molar-refractivity contribution in [3.63, 3.8) is 0 Å². The van der Waals surface area contributed by atoms with E-state index in [2.05, 4.69) is 27.4 Å². The molecule has 0 amide bonds. The highest BCUT2D eigenvalue weighted by molar-refractivity contribution is 7.99. The molecule has 0 spiro atoms. The van der Waals surface area contributed by atoms with Gasteiger partial charge in [-0.3, -0.25) is 4.99 Å². The molecule has 2 N–H and O–H groups in total. The number of aliphatic imine (C=N–C) groups is 1. The summed E-state index contributed by atoms with van der Waals surface area (Å²) in [6.07, 6.45) is 3.49. The summed E-state index contributed by atoms with van der Waals surface area (Å²) in [4.78, 5) is 7.94. The van der Waals surface area contributed by atoms with Crippen molar-refractivity contribution in [2.24, 2.45) is 10.9 Å². The van der Waals surface area contributed by atoms with Crippen molar-refractivity contribution < 1.29 is 9.13 Å². The maximum Gasteiger partial charge on any atom is 0.191 e. The molecule has 0 aliphatic carbocycles. The first-order valence-electron chi connectivity index (χ1n) is 10.5. The highest BCUT2D eigenvalue weighted by Crippen LogP contribution is 2.21. The summed E-state index contributed by atoms with van der Waals surface area (Å²) in [7, 11) is 0. The molecule has 0 bridgehead atoms. The lowest BCUT2D eigenvalue weighted by Crippen LogP contribution is -2.49. The quantitative estimate of drug-likeness (QED) is 0.300. The molecule has 7 heteroatoms. The second-order valence-electron chi connectivity index (χ2n) is 7.49. The largest absolute Gasteiger partial charge is 0.381 e. The van der Waals surface area contributed by atoms with Gasteiger partial charge in [0, 0.05) is 49.5 Å².